The number of thioether (sulfide) groups is 1. The molecule has 3 amide bonds. The maximum absolute atomic E-state index is 13.0. The van der Waals surface area contributed by atoms with E-state index in [0.29, 0.717) is 5.75 Å². The third-order valence-electron chi connectivity index (χ3n) is 5.12. The first-order valence-electron chi connectivity index (χ1n) is 11.3. The van der Waals surface area contributed by atoms with E-state index in [1.165, 1.54) is 42.2 Å². The van der Waals surface area contributed by atoms with Crippen LogP contribution in [0.1, 0.15) is 33.4 Å². The topological polar surface area (TPSA) is 192 Å². The van der Waals surface area contributed by atoms with Gasteiger partial charge in [0.05, 0.1) is 11.5 Å². The molecule has 1 aromatic rings. The minimum atomic E-state index is -0.958. The molecule has 0 saturated carbocycles. The lowest BCUT2D eigenvalue weighted by molar-refractivity contribution is -0.173. The predicted molar refractivity (Wildman–Crippen MR) is 138 cm³/mol. The summed E-state index contributed by atoms with van der Waals surface area (Å²) in [5, 5.41) is 9.96. The van der Waals surface area contributed by atoms with E-state index in [0.717, 1.165) is 11.3 Å². The predicted octanol–water partition coefficient (Wildman–Crippen LogP) is 0.153. The van der Waals surface area contributed by atoms with E-state index in [4.69, 9.17) is 20.0 Å². The highest BCUT2D eigenvalue weighted by Crippen LogP contribution is 2.38. The number of nitrogens with one attached hydrogen (secondary N) is 2. The molecular weight excluding hydrogens is 540 g/mol. The molecule has 1 saturated heterocycles. The molecule has 206 valence electrons. The zero-order valence-corrected chi connectivity index (χ0v) is 22.9. The van der Waals surface area contributed by atoms with Gasteiger partial charge in [-0.1, -0.05) is 5.16 Å². The highest BCUT2D eigenvalue weighted by Gasteiger charge is 2.53. The number of nitrogens with zero attached hydrogens (tertiary/aromatic N) is 3. The standard InChI is InChI=1S/C22H28N6O8S2/c1-10(23)15(29)26-21-24-11(8-38-21)13(27-34-5)16(30)25-14-17(31)28-12(6-7-37-18(14)28)19(32)35-9-36-20(33)22(2,3)4/h6,8,10,14,18H,7,9,23H2,1-5H3,(H,25,30)(H,24,26,29)/t10-,14-,18+/m0/s1. The van der Waals surface area contributed by atoms with Crippen molar-refractivity contribution >= 4 is 63.6 Å². The molecule has 0 spiro atoms. The van der Waals surface area contributed by atoms with Crippen molar-refractivity contribution in [2.75, 3.05) is 25.0 Å². The number of fused-ring (bicyclic) bond motifs is 1. The van der Waals surface area contributed by atoms with Crippen molar-refractivity contribution < 1.29 is 38.3 Å². The Bertz CT molecular complexity index is 1190. The zero-order chi connectivity index (χ0) is 28.2. The molecule has 16 heteroatoms. The van der Waals surface area contributed by atoms with Crippen LogP contribution in [0.2, 0.25) is 0 Å². The van der Waals surface area contributed by atoms with Gasteiger partial charge in [0.25, 0.3) is 11.8 Å². The number of oxime groups is 1. The Morgan fingerprint density at radius 1 is 1.29 bits per heavy atom. The Morgan fingerprint density at radius 2 is 2.00 bits per heavy atom. The number of hydrogen-bond donors (Lipinski definition) is 3. The lowest BCUT2D eigenvalue weighted by Crippen LogP contribution is -2.70. The lowest BCUT2D eigenvalue weighted by Gasteiger charge is -2.48. The highest BCUT2D eigenvalue weighted by molar-refractivity contribution is 8.00. The van der Waals surface area contributed by atoms with Crippen molar-refractivity contribution in [3.63, 3.8) is 0 Å². The van der Waals surface area contributed by atoms with E-state index < -0.39 is 59.3 Å². The SMILES string of the molecule is CON=C(C(=O)N[C@H]1C(=O)N2C(C(=O)OCOC(=O)C(C)(C)C)=CCS[C@H]12)c1csc(NC(=O)[C@H](C)N)n1. The van der Waals surface area contributed by atoms with Crippen LogP contribution in [0, 0.1) is 5.41 Å². The summed E-state index contributed by atoms with van der Waals surface area (Å²) < 4.78 is 9.96. The van der Waals surface area contributed by atoms with Gasteiger partial charge in [-0.3, -0.25) is 24.1 Å². The molecule has 0 unspecified atom stereocenters. The molecule has 4 N–H and O–H groups in total. The van der Waals surface area contributed by atoms with E-state index in [2.05, 4.69) is 20.8 Å². The Kier molecular flexibility index (Phi) is 9.11. The fraction of sp³-hybridized carbons (Fsp3) is 0.500. The van der Waals surface area contributed by atoms with Crippen molar-refractivity contribution in [3.8, 4) is 0 Å². The van der Waals surface area contributed by atoms with Crippen LogP contribution in [0.25, 0.3) is 0 Å². The Balaban J connectivity index is 1.62. The van der Waals surface area contributed by atoms with E-state index in [1.807, 2.05) is 0 Å². The molecule has 0 aromatic carbocycles. The molecule has 0 radical (unpaired) electrons. The maximum atomic E-state index is 13.0. The van der Waals surface area contributed by atoms with Gasteiger partial charge in [-0.25, -0.2) is 9.78 Å². The van der Waals surface area contributed by atoms with Crippen molar-refractivity contribution in [2.45, 2.75) is 45.2 Å². The van der Waals surface area contributed by atoms with Crippen LogP contribution < -0.4 is 16.4 Å². The Labute approximate surface area is 226 Å². The van der Waals surface area contributed by atoms with E-state index in [-0.39, 0.29) is 22.2 Å². The number of aromatic nitrogens is 1. The van der Waals surface area contributed by atoms with Crippen molar-refractivity contribution in [1.82, 2.24) is 15.2 Å². The van der Waals surface area contributed by atoms with Gasteiger partial charge in [-0.2, -0.15) is 0 Å². The van der Waals surface area contributed by atoms with Crippen LogP contribution in [-0.2, 0) is 38.3 Å². The van der Waals surface area contributed by atoms with Gasteiger partial charge in [0, 0.05) is 11.1 Å². The minimum absolute atomic E-state index is 0.00384. The number of anilines is 1. The lowest BCUT2D eigenvalue weighted by atomic mass is 9.98. The Morgan fingerprint density at radius 3 is 2.63 bits per heavy atom. The molecule has 3 atom stereocenters. The van der Waals surface area contributed by atoms with Crippen LogP contribution >= 0.6 is 23.1 Å². The van der Waals surface area contributed by atoms with Crippen LogP contribution in [0.4, 0.5) is 5.13 Å². The monoisotopic (exact) mass is 568 g/mol. The van der Waals surface area contributed by atoms with Gasteiger partial charge in [0.1, 0.15) is 29.9 Å². The summed E-state index contributed by atoms with van der Waals surface area (Å²) >= 11 is 2.38. The third kappa shape index (κ3) is 6.49. The summed E-state index contributed by atoms with van der Waals surface area (Å²) in [6.07, 6.45) is 1.52. The summed E-state index contributed by atoms with van der Waals surface area (Å²) in [7, 11) is 1.24. The summed E-state index contributed by atoms with van der Waals surface area (Å²) in [6, 6.07) is -1.71. The van der Waals surface area contributed by atoms with Crippen molar-refractivity contribution in [3.05, 3.63) is 22.8 Å². The fourth-order valence-electron chi connectivity index (χ4n) is 3.12. The number of carbonyl (C=O) groups is 5. The second kappa shape index (κ2) is 11.9. The first-order chi connectivity index (χ1) is 17.8. The van der Waals surface area contributed by atoms with Gasteiger partial charge >= 0.3 is 11.9 Å². The van der Waals surface area contributed by atoms with Crippen molar-refractivity contribution in [2.24, 2.45) is 16.3 Å². The smallest absolute Gasteiger partial charge is 0.357 e. The van der Waals surface area contributed by atoms with Crippen LogP contribution in [0.15, 0.2) is 22.3 Å². The average molecular weight is 569 g/mol. The van der Waals surface area contributed by atoms with Gasteiger partial charge in [0.2, 0.25) is 12.7 Å². The molecule has 14 nitrogen and oxygen atoms in total. The number of carbonyl (C=O) groups excluding carboxylic acids is 5. The summed E-state index contributed by atoms with van der Waals surface area (Å²) in [4.78, 5) is 72.2. The highest BCUT2D eigenvalue weighted by atomic mass is 32.2. The molecule has 1 fully saturated rings. The van der Waals surface area contributed by atoms with E-state index in [9.17, 15) is 24.0 Å². The molecule has 1 aromatic heterocycles. The number of hydrogen-bond acceptors (Lipinski definition) is 13. The van der Waals surface area contributed by atoms with Gasteiger partial charge in [0.15, 0.2) is 10.8 Å². The van der Waals surface area contributed by atoms with Crippen LogP contribution in [0.5, 0.6) is 0 Å². The van der Waals surface area contributed by atoms with E-state index in [1.54, 1.807) is 20.8 Å². The van der Waals surface area contributed by atoms with Crippen LogP contribution in [0.3, 0.4) is 0 Å². The number of thiazole rings is 1. The largest absolute Gasteiger partial charge is 0.427 e. The molecule has 0 bridgehead atoms. The molecular formula is C22H28N6O8S2. The average Bonchev–Trinajstić information content (AvgIpc) is 3.31. The number of esters is 2. The minimum Gasteiger partial charge on any atom is -0.427 e. The summed E-state index contributed by atoms with van der Waals surface area (Å²) in [5.41, 5.74) is 4.67. The fourth-order valence-corrected chi connectivity index (χ4v) is 5.01. The quantitative estimate of drug-likeness (QED) is 0.121. The summed E-state index contributed by atoms with van der Waals surface area (Å²) in [5.74, 6) is -2.73. The molecule has 3 heterocycles. The molecule has 38 heavy (non-hydrogen) atoms. The second-order valence-electron chi connectivity index (χ2n) is 9.14. The molecule has 2 aliphatic heterocycles. The number of rotatable bonds is 9. The molecule has 0 aliphatic carbocycles. The number of amides is 3. The molecule has 2 aliphatic rings. The number of nitrogens with two attached hydrogens (primary N) is 1. The maximum Gasteiger partial charge on any atom is 0.357 e. The Hall–Kier alpha value is -3.50. The first-order valence-corrected chi connectivity index (χ1v) is 13.2. The van der Waals surface area contributed by atoms with E-state index >= 15 is 0 Å². The zero-order valence-electron chi connectivity index (χ0n) is 21.3. The third-order valence-corrected chi connectivity index (χ3v) is 7.06. The first kappa shape index (κ1) is 29.1. The van der Waals surface area contributed by atoms with Crippen LogP contribution in [-0.4, -0.2) is 82.4 Å². The second-order valence-corrected chi connectivity index (χ2v) is 11.2. The number of β-lactam (4-membered cyclic amide) rings is 1. The van der Waals surface area contributed by atoms with Crippen molar-refractivity contribution in [1.29, 1.82) is 0 Å². The normalized spacial score (nSPS) is 19.8. The van der Waals surface area contributed by atoms with Gasteiger partial charge in [-0.15, -0.1) is 23.1 Å². The number of ether oxygens (including phenoxy) is 2. The summed E-state index contributed by atoms with van der Waals surface area (Å²) in [6.45, 7) is 5.90. The van der Waals surface area contributed by atoms with Gasteiger partial charge < -0.3 is 30.7 Å². The van der Waals surface area contributed by atoms with Gasteiger partial charge in [-0.05, 0) is 33.8 Å². The molecule has 3 rings (SSSR count).